The second-order valence-corrected chi connectivity index (χ2v) is 5.67. The molecule has 116 valence electrons. The number of fused-ring (bicyclic) bond motifs is 1. The van der Waals surface area contributed by atoms with E-state index in [-0.39, 0.29) is 5.56 Å². The fraction of sp³-hybridized carbons (Fsp3) is 0.105. The van der Waals surface area contributed by atoms with E-state index in [1.807, 2.05) is 54.6 Å². The largest absolute Gasteiger partial charge is 0.496 e. The van der Waals surface area contributed by atoms with Gasteiger partial charge in [0.15, 0.2) is 0 Å². The van der Waals surface area contributed by atoms with E-state index < -0.39 is 5.97 Å². The molecule has 1 N–H and O–H groups in total. The summed E-state index contributed by atoms with van der Waals surface area (Å²) in [5.74, 6) is -0.350. The first-order chi connectivity index (χ1) is 11.2. The highest BCUT2D eigenvalue weighted by Gasteiger charge is 2.24. The Morgan fingerprint density at radius 1 is 1.04 bits per heavy atom. The molecule has 3 aromatic rings. The van der Waals surface area contributed by atoms with E-state index in [4.69, 9.17) is 4.74 Å². The summed E-state index contributed by atoms with van der Waals surface area (Å²) >= 11 is 3.42. The summed E-state index contributed by atoms with van der Waals surface area (Å²) in [6.07, 6.45) is 0. The fourth-order valence-corrected chi connectivity index (χ4v) is 3.50. The molecule has 0 amide bonds. The summed E-state index contributed by atoms with van der Waals surface area (Å²) < 4.78 is 5.54. The van der Waals surface area contributed by atoms with Gasteiger partial charge in [0.05, 0.1) is 12.7 Å². The lowest BCUT2D eigenvalue weighted by Crippen LogP contribution is -2.07. The van der Waals surface area contributed by atoms with Gasteiger partial charge < -0.3 is 9.84 Å². The van der Waals surface area contributed by atoms with Crippen molar-refractivity contribution in [3.05, 3.63) is 65.7 Å². The molecular weight excluding hydrogens is 356 g/mol. The van der Waals surface area contributed by atoms with Gasteiger partial charge in [0.25, 0.3) is 0 Å². The second-order valence-electron chi connectivity index (χ2n) is 5.11. The van der Waals surface area contributed by atoms with Crippen LogP contribution < -0.4 is 4.74 Å². The molecule has 0 atom stereocenters. The summed E-state index contributed by atoms with van der Waals surface area (Å²) in [7, 11) is 1.57. The van der Waals surface area contributed by atoms with Gasteiger partial charge in [0.2, 0.25) is 0 Å². The van der Waals surface area contributed by atoms with Crippen LogP contribution in [-0.4, -0.2) is 18.2 Å². The number of carboxylic acid groups (broad SMARTS) is 1. The molecule has 0 aromatic heterocycles. The molecule has 3 aromatic carbocycles. The Morgan fingerprint density at radius 3 is 2.22 bits per heavy atom. The molecule has 3 nitrogen and oxygen atoms in total. The van der Waals surface area contributed by atoms with E-state index in [0.717, 1.165) is 21.9 Å². The van der Waals surface area contributed by atoms with Gasteiger partial charge in [-0.05, 0) is 10.9 Å². The van der Waals surface area contributed by atoms with Crippen LogP contribution in [0.3, 0.4) is 0 Å². The molecule has 0 radical (unpaired) electrons. The Morgan fingerprint density at radius 2 is 1.65 bits per heavy atom. The van der Waals surface area contributed by atoms with Crippen LogP contribution in [-0.2, 0) is 5.33 Å². The highest BCUT2D eigenvalue weighted by molar-refractivity contribution is 9.08. The molecule has 23 heavy (non-hydrogen) atoms. The van der Waals surface area contributed by atoms with E-state index in [0.29, 0.717) is 16.6 Å². The third-order valence-electron chi connectivity index (χ3n) is 3.88. The topological polar surface area (TPSA) is 46.5 Å². The Bertz CT molecular complexity index is 873. The molecule has 0 aliphatic heterocycles. The van der Waals surface area contributed by atoms with E-state index in [9.17, 15) is 9.90 Å². The number of hydrogen-bond acceptors (Lipinski definition) is 2. The monoisotopic (exact) mass is 370 g/mol. The predicted octanol–water partition coefficient (Wildman–Crippen LogP) is 5.11. The molecule has 0 aliphatic rings. The summed E-state index contributed by atoms with van der Waals surface area (Å²) in [5.41, 5.74) is 2.54. The number of carboxylic acids is 1. The van der Waals surface area contributed by atoms with Crippen LogP contribution in [0.5, 0.6) is 5.75 Å². The van der Waals surface area contributed by atoms with Crippen LogP contribution in [0.15, 0.2) is 54.6 Å². The molecule has 0 unspecified atom stereocenters. The maximum Gasteiger partial charge on any atom is 0.336 e. The predicted molar refractivity (Wildman–Crippen MR) is 95.5 cm³/mol. The first-order valence-corrected chi connectivity index (χ1v) is 8.27. The second kappa shape index (κ2) is 6.42. The van der Waals surface area contributed by atoms with Gasteiger partial charge in [-0.2, -0.15) is 0 Å². The van der Waals surface area contributed by atoms with Crippen molar-refractivity contribution in [2.24, 2.45) is 0 Å². The van der Waals surface area contributed by atoms with Crippen molar-refractivity contribution in [3.8, 4) is 16.9 Å². The Balaban J connectivity index is 2.55. The van der Waals surface area contributed by atoms with Gasteiger partial charge in [0.1, 0.15) is 5.75 Å². The highest BCUT2D eigenvalue weighted by atomic mass is 79.9. The van der Waals surface area contributed by atoms with Crippen molar-refractivity contribution >= 4 is 32.7 Å². The smallest absolute Gasteiger partial charge is 0.336 e. The van der Waals surface area contributed by atoms with Gasteiger partial charge in [-0.3, -0.25) is 0 Å². The average molecular weight is 371 g/mol. The summed E-state index contributed by atoms with van der Waals surface area (Å²) in [6.45, 7) is 0. The van der Waals surface area contributed by atoms with Crippen molar-refractivity contribution in [2.45, 2.75) is 5.33 Å². The SMILES string of the molecule is COc1c(CBr)c(C(=O)O)c(-c2ccccc2)c2ccccc12. The van der Waals surface area contributed by atoms with E-state index in [1.54, 1.807) is 7.11 Å². The molecule has 0 aliphatic carbocycles. The lowest BCUT2D eigenvalue weighted by Gasteiger charge is -2.18. The number of rotatable bonds is 4. The molecule has 0 saturated heterocycles. The minimum absolute atomic E-state index is 0.281. The van der Waals surface area contributed by atoms with Crippen LogP contribution in [0.2, 0.25) is 0 Å². The number of carbonyl (C=O) groups is 1. The van der Waals surface area contributed by atoms with Crippen LogP contribution in [0.4, 0.5) is 0 Å². The van der Waals surface area contributed by atoms with Crippen molar-refractivity contribution in [2.75, 3.05) is 7.11 Å². The minimum atomic E-state index is -0.956. The van der Waals surface area contributed by atoms with Gasteiger partial charge in [0, 0.05) is 21.8 Å². The first-order valence-electron chi connectivity index (χ1n) is 7.15. The maximum absolute atomic E-state index is 12.0. The van der Waals surface area contributed by atoms with Crippen molar-refractivity contribution in [1.29, 1.82) is 0 Å². The van der Waals surface area contributed by atoms with E-state index in [1.165, 1.54) is 0 Å². The molecule has 0 bridgehead atoms. The van der Waals surface area contributed by atoms with Gasteiger partial charge in [-0.25, -0.2) is 4.79 Å². The Kier molecular flexibility index (Phi) is 4.35. The molecule has 0 fully saturated rings. The maximum atomic E-state index is 12.0. The summed E-state index contributed by atoms with van der Waals surface area (Å²) in [5, 5.41) is 12.0. The number of hydrogen-bond donors (Lipinski definition) is 1. The van der Waals surface area contributed by atoms with Crippen LogP contribution in [0.25, 0.3) is 21.9 Å². The Hall–Kier alpha value is -2.33. The van der Waals surface area contributed by atoms with Gasteiger partial charge in [-0.1, -0.05) is 70.5 Å². The number of alkyl halides is 1. The number of ether oxygens (including phenoxy) is 1. The lowest BCUT2D eigenvalue weighted by atomic mass is 9.89. The highest BCUT2D eigenvalue weighted by Crippen LogP contribution is 2.42. The van der Waals surface area contributed by atoms with E-state index >= 15 is 0 Å². The molecule has 3 rings (SSSR count). The molecule has 0 spiro atoms. The molecular formula is C19H15BrO3. The summed E-state index contributed by atoms with van der Waals surface area (Å²) in [4.78, 5) is 12.0. The number of benzene rings is 3. The third kappa shape index (κ3) is 2.59. The quantitative estimate of drug-likeness (QED) is 0.649. The number of methoxy groups -OCH3 is 1. The molecule has 0 heterocycles. The Labute approximate surface area is 142 Å². The minimum Gasteiger partial charge on any atom is -0.496 e. The first kappa shape index (κ1) is 15.6. The van der Waals surface area contributed by atoms with Crippen LogP contribution in [0, 0.1) is 0 Å². The zero-order chi connectivity index (χ0) is 16.4. The van der Waals surface area contributed by atoms with Crippen molar-refractivity contribution < 1.29 is 14.6 Å². The normalized spacial score (nSPS) is 10.7. The summed E-state index contributed by atoms with van der Waals surface area (Å²) in [6, 6.07) is 17.3. The zero-order valence-corrected chi connectivity index (χ0v) is 14.1. The fourth-order valence-electron chi connectivity index (χ4n) is 2.96. The van der Waals surface area contributed by atoms with Gasteiger partial charge >= 0.3 is 5.97 Å². The van der Waals surface area contributed by atoms with Crippen molar-refractivity contribution in [1.82, 2.24) is 0 Å². The number of halogens is 1. The zero-order valence-electron chi connectivity index (χ0n) is 12.5. The third-order valence-corrected chi connectivity index (χ3v) is 4.44. The van der Waals surface area contributed by atoms with Crippen LogP contribution in [0.1, 0.15) is 15.9 Å². The standard InChI is InChI=1S/C19H15BrO3/c1-23-18-14-10-6-5-9-13(14)16(12-7-3-2-4-8-12)17(19(21)22)15(18)11-20/h2-10H,11H2,1H3,(H,21,22). The lowest BCUT2D eigenvalue weighted by molar-refractivity contribution is 0.0696. The van der Waals surface area contributed by atoms with Crippen molar-refractivity contribution in [3.63, 3.8) is 0 Å². The van der Waals surface area contributed by atoms with E-state index in [2.05, 4.69) is 15.9 Å². The van der Waals surface area contributed by atoms with Crippen LogP contribution >= 0.6 is 15.9 Å². The van der Waals surface area contributed by atoms with Gasteiger partial charge in [-0.15, -0.1) is 0 Å². The molecule has 4 heteroatoms. The molecule has 0 saturated carbocycles. The average Bonchev–Trinajstić information content (AvgIpc) is 2.60. The number of aromatic carboxylic acids is 1.